The predicted molar refractivity (Wildman–Crippen MR) is 70.0 cm³/mol. The number of nitrogens with two attached hydrogens (primary N) is 1. The van der Waals surface area contributed by atoms with Gasteiger partial charge in [-0.1, -0.05) is 12.1 Å². The largest absolute Gasteiger partial charge is 0.435 e. The lowest BCUT2D eigenvalue weighted by molar-refractivity contribution is -0.141. The lowest BCUT2D eigenvalue weighted by Crippen LogP contribution is -2.19. The topological polar surface area (TPSA) is 55.0 Å². The van der Waals surface area contributed by atoms with Gasteiger partial charge in [0.15, 0.2) is 11.5 Å². The molecule has 7 heteroatoms. The van der Waals surface area contributed by atoms with Crippen molar-refractivity contribution >= 4 is 11.5 Å². The highest BCUT2D eigenvalue weighted by Crippen LogP contribution is 2.27. The first-order chi connectivity index (χ1) is 9.36. The zero-order valence-corrected chi connectivity index (χ0v) is 10.7. The Labute approximate surface area is 114 Å². The molecule has 0 unspecified atom stereocenters. The third-order valence-corrected chi connectivity index (χ3v) is 2.70. The third-order valence-electron chi connectivity index (χ3n) is 2.70. The molecule has 0 radical (unpaired) electrons. The molecule has 0 aliphatic carbocycles. The number of hydrogen-bond donors (Lipinski definition) is 1. The summed E-state index contributed by atoms with van der Waals surface area (Å²) < 4.78 is 37.1. The van der Waals surface area contributed by atoms with Crippen molar-refractivity contribution in [2.75, 3.05) is 17.7 Å². The monoisotopic (exact) mass is 282 g/mol. The molecule has 0 bridgehead atoms. The number of nitrogens with zero attached hydrogens (tertiary/aromatic N) is 3. The summed E-state index contributed by atoms with van der Waals surface area (Å²) in [7, 11) is 1.72. The molecule has 0 saturated heterocycles. The molecule has 1 aromatic carbocycles. The van der Waals surface area contributed by atoms with Crippen molar-refractivity contribution in [3.05, 3.63) is 47.7 Å². The molecule has 2 aromatic rings. The van der Waals surface area contributed by atoms with Gasteiger partial charge in [0.1, 0.15) is 0 Å². The van der Waals surface area contributed by atoms with Gasteiger partial charge in [-0.05, 0) is 29.8 Å². The number of alkyl halides is 3. The molecule has 0 aliphatic heterocycles. The second kappa shape index (κ2) is 5.36. The van der Waals surface area contributed by atoms with Crippen molar-refractivity contribution in [3.63, 3.8) is 0 Å². The van der Waals surface area contributed by atoms with Gasteiger partial charge in [0, 0.05) is 19.3 Å². The lowest BCUT2D eigenvalue weighted by atomic mass is 10.2. The van der Waals surface area contributed by atoms with Crippen LogP contribution in [0.3, 0.4) is 0 Å². The van der Waals surface area contributed by atoms with E-state index in [1.165, 1.54) is 6.07 Å². The van der Waals surface area contributed by atoms with Crippen LogP contribution in [0.1, 0.15) is 11.3 Å². The van der Waals surface area contributed by atoms with Crippen molar-refractivity contribution in [3.8, 4) is 0 Å². The van der Waals surface area contributed by atoms with E-state index in [0.717, 1.165) is 11.6 Å². The Balaban J connectivity index is 2.11. The Morgan fingerprint density at radius 3 is 2.45 bits per heavy atom. The van der Waals surface area contributed by atoms with Crippen LogP contribution in [0.25, 0.3) is 0 Å². The van der Waals surface area contributed by atoms with Crippen LogP contribution < -0.4 is 10.6 Å². The second-order valence-electron chi connectivity index (χ2n) is 4.38. The summed E-state index contributed by atoms with van der Waals surface area (Å²) in [6.45, 7) is 0.477. The lowest BCUT2D eigenvalue weighted by Gasteiger charge is -2.18. The van der Waals surface area contributed by atoms with E-state index in [1.807, 2.05) is 12.1 Å². The van der Waals surface area contributed by atoms with Crippen molar-refractivity contribution in [2.24, 2.45) is 0 Å². The Morgan fingerprint density at radius 1 is 1.15 bits per heavy atom. The number of rotatable bonds is 3. The van der Waals surface area contributed by atoms with Crippen molar-refractivity contribution in [2.45, 2.75) is 12.7 Å². The first kappa shape index (κ1) is 14.1. The normalized spacial score (nSPS) is 11.4. The van der Waals surface area contributed by atoms with Crippen LogP contribution in [0.5, 0.6) is 0 Å². The zero-order chi connectivity index (χ0) is 14.8. The summed E-state index contributed by atoms with van der Waals surface area (Å²) in [5.41, 5.74) is 6.24. The van der Waals surface area contributed by atoms with Crippen LogP contribution in [0.2, 0.25) is 0 Å². The van der Waals surface area contributed by atoms with Crippen LogP contribution in [0, 0.1) is 0 Å². The van der Waals surface area contributed by atoms with Crippen molar-refractivity contribution < 1.29 is 13.2 Å². The van der Waals surface area contributed by atoms with Crippen molar-refractivity contribution in [1.29, 1.82) is 0 Å². The number of benzene rings is 1. The van der Waals surface area contributed by atoms with Gasteiger partial charge in [-0.3, -0.25) is 0 Å². The van der Waals surface area contributed by atoms with E-state index in [1.54, 1.807) is 24.1 Å². The maximum Gasteiger partial charge on any atom is 0.435 e. The fraction of sp³-hybridized carbons (Fsp3) is 0.231. The maximum atomic E-state index is 12.4. The molecule has 0 spiro atoms. The van der Waals surface area contributed by atoms with Crippen LogP contribution in [0.4, 0.5) is 24.7 Å². The van der Waals surface area contributed by atoms with Crippen molar-refractivity contribution in [1.82, 2.24) is 10.2 Å². The zero-order valence-electron chi connectivity index (χ0n) is 10.7. The molecule has 0 atom stereocenters. The van der Waals surface area contributed by atoms with Gasteiger partial charge < -0.3 is 10.6 Å². The van der Waals surface area contributed by atoms with Gasteiger partial charge in [0.05, 0.1) is 0 Å². The van der Waals surface area contributed by atoms with Crippen LogP contribution >= 0.6 is 0 Å². The average Bonchev–Trinajstić information content (AvgIpc) is 2.38. The van der Waals surface area contributed by atoms with E-state index < -0.39 is 11.9 Å². The van der Waals surface area contributed by atoms with E-state index in [0.29, 0.717) is 18.1 Å². The van der Waals surface area contributed by atoms with Gasteiger partial charge in [0.25, 0.3) is 0 Å². The SMILES string of the molecule is CN(Cc1cccc(N)c1)c1ccc(C(F)(F)F)nn1. The molecule has 2 N–H and O–H groups in total. The minimum absolute atomic E-state index is 0.362. The molecule has 0 amide bonds. The Hall–Kier alpha value is -2.31. The molecular weight excluding hydrogens is 269 g/mol. The highest BCUT2D eigenvalue weighted by Gasteiger charge is 2.32. The van der Waals surface area contributed by atoms with Gasteiger partial charge >= 0.3 is 6.18 Å². The summed E-state index contributed by atoms with van der Waals surface area (Å²) in [5, 5.41) is 6.78. The summed E-state index contributed by atoms with van der Waals surface area (Å²) in [6.07, 6.45) is -4.47. The molecule has 0 saturated carbocycles. The number of anilines is 2. The standard InChI is InChI=1S/C13H13F3N4/c1-20(8-9-3-2-4-10(17)7-9)12-6-5-11(18-19-12)13(14,15)16/h2-7H,8,17H2,1H3. The van der Waals surface area contributed by atoms with E-state index >= 15 is 0 Å². The van der Waals surface area contributed by atoms with Gasteiger partial charge in [-0.25, -0.2) is 0 Å². The minimum Gasteiger partial charge on any atom is -0.399 e. The van der Waals surface area contributed by atoms with Gasteiger partial charge in [0.2, 0.25) is 0 Å². The van der Waals surface area contributed by atoms with Crippen LogP contribution in [-0.2, 0) is 12.7 Å². The first-order valence-electron chi connectivity index (χ1n) is 5.83. The predicted octanol–water partition coefficient (Wildman–Crippen LogP) is 2.71. The Morgan fingerprint density at radius 2 is 1.90 bits per heavy atom. The van der Waals surface area contributed by atoms with Gasteiger partial charge in [-0.15, -0.1) is 10.2 Å². The highest BCUT2D eigenvalue weighted by molar-refractivity contribution is 5.43. The summed E-state index contributed by atoms with van der Waals surface area (Å²) >= 11 is 0. The van der Waals surface area contributed by atoms with E-state index in [-0.39, 0.29) is 0 Å². The average molecular weight is 282 g/mol. The van der Waals surface area contributed by atoms with E-state index in [9.17, 15) is 13.2 Å². The quantitative estimate of drug-likeness (QED) is 0.879. The number of halogens is 3. The molecule has 106 valence electrons. The minimum atomic E-state index is -4.47. The molecule has 0 fully saturated rings. The fourth-order valence-corrected chi connectivity index (χ4v) is 1.73. The molecule has 1 aromatic heterocycles. The smallest absolute Gasteiger partial charge is 0.399 e. The van der Waals surface area contributed by atoms with Gasteiger partial charge in [-0.2, -0.15) is 13.2 Å². The van der Waals surface area contributed by atoms with E-state index in [4.69, 9.17) is 5.73 Å². The number of aromatic nitrogens is 2. The molecular formula is C13H13F3N4. The molecule has 1 heterocycles. The highest BCUT2D eigenvalue weighted by atomic mass is 19.4. The number of nitrogen functional groups attached to an aromatic ring is 1. The Kier molecular flexibility index (Phi) is 3.78. The molecule has 20 heavy (non-hydrogen) atoms. The summed E-state index contributed by atoms with van der Waals surface area (Å²) in [6, 6.07) is 9.47. The molecule has 0 aliphatic rings. The first-order valence-corrected chi connectivity index (χ1v) is 5.83. The molecule has 2 rings (SSSR count). The summed E-state index contributed by atoms with van der Waals surface area (Å²) in [5.74, 6) is 0.362. The third kappa shape index (κ3) is 3.37. The maximum absolute atomic E-state index is 12.4. The van der Waals surface area contributed by atoms with Crippen LogP contribution in [0.15, 0.2) is 36.4 Å². The second-order valence-corrected chi connectivity index (χ2v) is 4.38. The van der Waals surface area contributed by atoms with Crippen LogP contribution in [-0.4, -0.2) is 17.2 Å². The Bertz CT molecular complexity index is 581. The van der Waals surface area contributed by atoms with E-state index in [2.05, 4.69) is 10.2 Å². The molecule has 4 nitrogen and oxygen atoms in total. The number of hydrogen-bond acceptors (Lipinski definition) is 4. The summed E-state index contributed by atoms with van der Waals surface area (Å²) in [4.78, 5) is 1.70. The fourth-order valence-electron chi connectivity index (χ4n) is 1.73.